The second kappa shape index (κ2) is 11.0. The van der Waals surface area contributed by atoms with Gasteiger partial charge < -0.3 is 24.4 Å². The van der Waals surface area contributed by atoms with Crippen LogP contribution in [0, 0.1) is 5.92 Å². The topological polar surface area (TPSA) is 60.0 Å². The molecule has 1 N–H and O–H groups in total. The first kappa shape index (κ1) is 18.4. The van der Waals surface area contributed by atoms with Crippen LogP contribution in [0.15, 0.2) is 0 Å². The maximum absolute atomic E-state index is 12.7. The summed E-state index contributed by atoms with van der Waals surface area (Å²) in [6.07, 6.45) is 1.89. The van der Waals surface area contributed by atoms with E-state index in [0.29, 0.717) is 39.5 Å². The molecule has 0 bridgehead atoms. The maximum Gasteiger partial charge on any atom is 0.229 e. The summed E-state index contributed by atoms with van der Waals surface area (Å²) in [5.74, 6) is 0.0743. The number of carbonyl (C=O) groups excluding carboxylic acids is 1. The molecule has 6 heteroatoms. The van der Waals surface area contributed by atoms with Gasteiger partial charge in [-0.05, 0) is 19.4 Å². The molecular weight excluding hydrogens is 272 g/mol. The van der Waals surface area contributed by atoms with Crippen molar-refractivity contribution in [2.75, 3.05) is 60.3 Å². The van der Waals surface area contributed by atoms with Crippen molar-refractivity contribution in [1.29, 1.82) is 0 Å². The van der Waals surface area contributed by atoms with Crippen LogP contribution in [0.25, 0.3) is 0 Å². The largest absolute Gasteiger partial charge is 0.385 e. The van der Waals surface area contributed by atoms with Crippen molar-refractivity contribution in [3.63, 3.8) is 0 Å². The van der Waals surface area contributed by atoms with E-state index in [4.69, 9.17) is 14.2 Å². The number of methoxy groups -OCH3 is 2. The summed E-state index contributed by atoms with van der Waals surface area (Å²) in [7, 11) is 3.33. The lowest BCUT2D eigenvalue weighted by atomic mass is 10.0. The zero-order valence-electron chi connectivity index (χ0n) is 13.6. The van der Waals surface area contributed by atoms with Gasteiger partial charge in [0.25, 0.3) is 0 Å². The fraction of sp³-hybridized carbons (Fsp3) is 0.933. The first-order chi connectivity index (χ1) is 10.2. The molecule has 0 aliphatic carbocycles. The zero-order chi connectivity index (χ0) is 15.5. The summed E-state index contributed by atoms with van der Waals surface area (Å²) < 4.78 is 15.7. The fourth-order valence-electron chi connectivity index (χ4n) is 2.50. The summed E-state index contributed by atoms with van der Waals surface area (Å²) in [6, 6.07) is 0.130. The number of rotatable bonds is 11. The van der Waals surface area contributed by atoms with E-state index in [9.17, 15) is 4.79 Å². The third-order valence-electron chi connectivity index (χ3n) is 3.71. The molecule has 0 radical (unpaired) electrons. The zero-order valence-corrected chi connectivity index (χ0v) is 13.6. The highest BCUT2D eigenvalue weighted by Crippen LogP contribution is 2.17. The molecule has 0 aromatic rings. The molecule has 0 saturated carbocycles. The predicted molar refractivity (Wildman–Crippen MR) is 81.3 cm³/mol. The molecule has 2 atom stereocenters. The van der Waals surface area contributed by atoms with E-state index in [1.807, 2.05) is 4.90 Å². The number of hydrogen-bond acceptors (Lipinski definition) is 5. The maximum atomic E-state index is 12.7. The Bertz CT molecular complexity index is 289. The predicted octanol–water partition coefficient (Wildman–Crippen LogP) is 0.513. The van der Waals surface area contributed by atoms with Gasteiger partial charge in [-0.2, -0.15) is 0 Å². The molecule has 0 aromatic heterocycles. The van der Waals surface area contributed by atoms with Crippen LogP contribution in [0.3, 0.4) is 0 Å². The van der Waals surface area contributed by atoms with E-state index < -0.39 is 0 Å². The van der Waals surface area contributed by atoms with E-state index >= 15 is 0 Å². The van der Waals surface area contributed by atoms with Gasteiger partial charge >= 0.3 is 0 Å². The summed E-state index contributed by atoms with van der Waals surface area (Å²) in [5.41, 5.74) is 0. The molecule has 1 heterocycles. The van der Waals surface area contributed by atoms with E-state index in [1.165, 1.54) is 0 Å². The Kier molecular flexibility index (Phi) is 9.58. The van der Waals surface area contributed by atoms with Crippen LogP contribution in [0.4, 0.5) is 0 Å². The Hall–Kier alpha value is -0.690. The molecule has 1 fully saturated rings. The summed E-state index contributed by atoms with van der Waals surface area (Å²) in [4.78, 5) is 14.6. The molecule has 1 saturated heterocycles. The third kappa shape index (κ3) is 6.30. The lowest BCUT2D eigenvalue weighted by Gasteiger charge is -2.27. The minimum absolute atomic E-state index is 0.0871. The second-order valence-corrected chi connectivity index (χ2v) is 5.37. The summed E-state index contributed by atoms with van der Waals surface area (Å²) in [5, 5.41) is 3.41. The average molecular weight is 302 g/mol. The first-order valence-corrected chi connectivity index (χ1v) is 7.82. The van der Waals surface area contributed by atoms with Gasteiger partial charge in [0, 0.05) is 40.0 Å². The number of nitrogens with zero attached hydrogens (tertiary/aromatic N) is 1. The molecule has 124 valence electrons. The summed E-state index contributed by atoms with van der Waals surface area (Å²) >= 11 is 0. The Labute approximate surface area is 128 Å². The van der Waals surface area contributed by atoms with E-state index in [1.54, 1.807) is 14.2 Å². The molecular formula is C15H30N2O4. The highest BCUT2D eigenvalue weighted by molar-refractivity contribution is 5.80. The minimum atomic E-state index is -0.0871. The quantitative estimate of drug-likeness (QED) is 0.564. The van der Waals surface area contributed by atoms with Gasteiger partial charge in [-0.3, -0.25) is 4.79 Å². The molecule has 1 aliphatic heterocycles. The van der Waals surface area contributed by atoms with Gasteiger partial charge in [0.05, 0.1) is 25.7 Å². The Balaban J connectivity index is 2.55. The van der Waals surface area contributed by atoms with Gasteiger partial charge in [0.15, 0.2) is 0 Å². The number of carbonyl (C=O) groups is 1. The van der Waals surface area contributed by atoms with Crippen LogP contribution in [-0.2, 0) is 19.0 Å². The van der Waals surface area contributed by atoms with Crippen molar-refractivity contribution >= 4 is 5.91 Å². The van der Waals surface area contributed by atoms with Gasteiger partial charge in [-0.1, -0.05) is 6.92 Å². The molecule has 1 aliphatic rings. The van der Waals surface area contributed by atoms with Gasteiger partial charge in [-0.15, -0.1) is 0 Å². The smallest absolute Gasteiger partial charge is 0.229 e. The van der Waals surface area contributed by atoms with Crippen LogP contribution < -0.4 is 5.32 Å². The van der Waals surface area contributed by atoms with Crippen molar-refractivity contribution in [2.24, 2.45) is 5.92 Å². The van der Waals surface area contributed by atoms with Gasteiger partial charge in [0.2, 0.25) is 5.91 Å². The van der Waals surface area contributed by atoms with Crippen LogP contribution >= 0.6 is 0 Å². The van der Waals surface area contributed by atoms with E-state index in [-0.39, 0.29) is 17.9 Å². The molecule has 1 rings (SSSR count). The number of ether oxygens (including phenoxy) is 3. The average Bonchev–Trinajstić information content (AvgIpc) is 2.96. The molecule has 21 heavy (non-hydrogen) atoms. The first-order valence-electron chi connectivity index (χ1n) is 7.82. The van der Waals surface area contributed by atoms with Crippen LogP contribution in [-0.4, -0.2) is 77.1 Å². The number of nitrogens with one attached hydrogen (secondary N) is 1. The van der Waals surface area contributed by atoms with Crippen LogP contribution in [0.5, 0.6) is 0 Å². The third-order valence-corrected chi connectivity index (χ3v) is 3.71. The minimum Gasteiger partial charge on any atom is -0.385 e. The van der Waals surface area contributed by atoms with Crippen molar-refractivity contribution < 1.29 is 19.0 Å². The highest BCUT2D eigenvalue weighted by atomic mass is 16.5. The lowest BCUT2D eigenvalue weighted by Crippen LogP contribution is -2.47. The standard InChI is InChI=1S/C15H30N2O4/c1-4-6-16-14-12-21-11-13(14)15(18)17(8-10-20-3)7-5-9-19-2/h13-14,16H,4-12H2,1-3H3. The van der Waals surface area contributed by atoms with Crippen LogP contribution in [0.1, 0.15) is 19.8 Å². The Morgan fingerprint density at radius 2 is 2.00 bits per heavy atom. The lowest BCUT2D eigenvalue weighted by molar-refractivity contribution is -0.136. The Morgan fingerprint density at radius 1 is 1.24 bits per heavy atom. The Morgan fingerprint density at radius 3 is 2.67 bits per heavy atom. The number of hydrogen-bond donors (Lipinski definition) is 1. The van der Waals surface area contributed by atoms with Gasteiger partial charge in [0.1, 0.15) is 0 Å². The molecule has 1 amide bonds. The highest BCUT2D eigenvalue weighted by Gasteiger charge is 2.35. The van der Waals surface area contributed by atoms with Crippen LogP contribution in [0.2, 0.25) is 0 Å². The van der Waals surface area contributed by atoms with Crippen molar-refractivity contribution in [1.82, 2.24) is 10.2 Å². The second-order valence-electron chi connectivity index (χ2n) is 5.37. The molecule has 0 aromatic carbocycles. The molecule has 0 spiro atoms. The normalized spacial score (nSPS) is 21.7. The van der Waals surface area contributed by atoms with E-state index in [0.717, 1.165) is 19.4 Å². The monoisotopic (exact) mass is 302 g/mol. The summed E-state index contributed by atoms with van der Waals surface area (Å²) in [6.45, 7) is 6.70. The fourth-order valence-corrected chi connectivity index (χ4v) is 2.50. The van der Waals surface area contributed by atoms with Gasteiger partial charge in [-0.25, -0.2) is 0 Å². The molecule has 6 nitrogen and oxygen atoms in total. The van der Waals surface area contributed by atoms with E-state index in [2.05, 4.69) is 12.2 Å². The van der Waals surface area contributed by atoms with Crippen molar-refractivity contribution in [3.8, 4) is 0 Å². The molecule has 2 unspecified atom stereocenters. The van der Waals surface area contributed by atoms with Crippen molar-refractivity contribution in [2.45, 2.75) is 25.8 Å². The number of amides is 1. The SMILES string of the molecule is CCCNC1COCC1C(=O)N(CCCOC)CCOC. The van der Waals surface area contributed by atoms with Crippen molar-refractivity contribution in [3.05, 3.63) is 0 Å².